The molecule has 16 heavy (non-hydrogen) atoms. The van der Waals surface area contributed by atoms with Crippen molar-refractivity contribution < 1.29 is 18.2 Å². The Bertz CT molecular complexity index is 175. The molecule has 1 unspecified atom stereocenters. The van der Waals surface area contributed by atoms with E-state index in [0.717, 1.165) is 12.1 Å². The predicted octanol–water partition coefficient (Wildman–Crippen LogP) is 5.20. The van der Waals surface area contributed by atoms with Crippen LogP contribution in [0.2, 0.25) is 0 Å². The van der Waals surface area contributed by atoms with Gasteiger partial charge >= 0.3 is 27.7 Å². The summed E-state index contributed by atoms with van der Waals surface area (Å²) in [5.74, 6) is 0.739. The Morgan fingerprint density at radius 1 is 1.00 bits per heavy atom. The van der Waals surface area contributed by atoms with Gasteiger partial charge in [0.25, 0.3) is 0 Å². The molecule has 0 aromatic rings. The second-order valence-electron chi connectivity index (χ2n) is 6.23. The van der Waals surface area contributed by atoms with E-state index in [1.165, 1.54) is 6.42 Å². The van der Waals surface area contributed by atoms with Crippen molar-refractivity contribution >= 4 is 18.8 Å². The van der Waals surface area contributed by atoms with Gasteiger partial charge in [0.1, 0.15) is 0 Å². The van der Waals surface area contributed by atoms with Gasteiger partial charge in [-0.1, -0.05) is 53.7 Å². The summed E-state index contributed by atoms with van der Waals surface area (Å²) in [6, 6.07) is 0. The van der Waals surface area contributed by atoms with Crippen LogP contribution >= 0.6 is 18.8 Å². The summed E-state index contributed by atoms with van der Waals surface area (Å²) in [4.78, 5) is 0. The summed E-state index contributed by atoms with van der Waals surface area (Å²) in [6.07, 6.45) is 6.84. The summed E-state index contributed by atoms with van der Waals surface area (Å²) in [5, 5.41) is 0. The molecule has 1 atom stereocenters. The molecule has 0 saturated heterocycles. The van der Waals surface area contributed by atoms with Crippen molar-refractivity contribution in [1.82, 2.24) is 0 Å². The van der Waals surface area contributed by atoms with Crippen LogP contribution in [0.1, 0.15) is 48.0 Å². The van der Waals surface area contributed by atoms with Crippen LogP contribution in [0.4, 0.5) is 0 Å². The second kappa shape index (κ2) is 9.11. The van der Waals surface area contributed by atoms with E-state index in [1.807, 2.05) is 0 Å². The van der Waals surface area contributed by atoms with Crippen LogP contribution in [0, 0.1) is 16.7 Å². The third kappa shape index (κ3) is 9.18. The summed E-state index contributed by atoms with van der Waals surface area (Å²) < 4.78 is 0. The molecule has 101 valence electrons. The van der Waals surface area contributed by atoms with Crippen LogP contribution in [-0.2, 0) is 18.2 Å². The first-order chi connectivity index (χ1) is 7.19. The molecule has 0 aliphatic rings. The molecule has 0 nitrogen and oxygen atoms in total. The van der Waals surface area contributed by atoms with E-state index in [4.69, 9.17) is 0 Å². The first kappa shape index (κ1) is 19.5. The molecule has 0 N–H and O–H groups in total. The molecule has 0 bridgehead atoms. The van der Waals surface area contributed by atoms with Crippen LogP contribution in [-0.4, -0.2) is 6.16 Å². The topological polar surface area (TPSA) is 0 Å². The standard InChI is InChI=1S/C13H27P.ClH.Pd/c1-12(2,3)11(13(4,5)6)9-7-8-10-14;;/h7-8,11H,9-10,14H2,1-6H3;1H;/q;;+1/p-1. The fraction of sp³-hybridized carbons (Fsp3) is 0.846. The van der Waals surface area contributed by atoms with Gasteiger partial charge in [-0.2, -0.15) is 0 Å². The van der Waals surface area contributed by atoms with Crippen molar-refractivity contribution in [2.45, 2.75) is 48.0 Å². The molecule has 0 aromatic heterocycles. The van der Waals surface area contributed by atoms with Crippen LogP contribution in [0.3, 0.4) is 0 Å². The minimum absolute atomic E-state index is 0.392. The Labute approximate surface area is 120 Å². The fourth-order valence-electron chi connectivity index (χ4n) is 2.33. The average molecular weight is 356 g/mol. The molecular weight excluding hydrogens is 329 g/mol. The normalized spacial score (nSPS) is 12.9. The number of rotatable bonds is 3. The first-order valence-electron chi connectivity index (χ1n) is 5.66. The van der Waals surface area contributed by atoms with E-state index in [1.54, 1.807) is 0 Å². The van der Waals surface area contributed by atoms with Gasteiger partial charge in [0.2, 0.25) is 0 Å². The molecule has 0 aliphatic heterocycles. The van der Waals surface area contributed by atoms with E-state index < -0.39 is 0 Å². The number of hydrogen-bond acceptors (Lipinski definition) is 0. The zero-order valence-corrected chi connectivity index (χ0v) is 14.9. The maximum absolute atomic E-state index is 4.49. The zero-order chi connectivity index (χ0) is 13.4. The van der Waals surface area contributed by atoms with Crippen molar-refractivity contribution in [3.63, 3.8) is 0 Å². The Hall–Kier alpha value is 1.12. The molecule has 0 aromatic carbocycles. The molecule has 0 fully saturated rings. The van der Waals surface area contributed by atoms with E-state index in [-0.39, 0.29) is 0 Å². The van der Waals surface area contributed by atoms with Crippen molar-refractivity contribution in [1.29, 1.82) is 0 Å². The average Bonchev–Trinajstić information content (AvgIpc) is 2.11. The number of hydrogen-bond donors (Lipinski definition) is 0. The van der Waals surface area contributed by atoms with E-state index in [9.17, 15) is 0 Å². The van der Waals surface area contributed by atoms with Gasteiger partial charge in [-0.05, 0) is 29.3 Å². The quantitative estimate of drug-likeness (QED) is 0.370. The predicted molar refractivity (Wildman–Crippen MR) is 76.6 cm³/mol. The van der Waals surface area contributed by atoms with Crippen LogP contribution in [0.25, 0.3) is 0 Å². The molecule has 0 radical (unpaired) electrons. The molecule has 0 heterocycles. The second-order valence-corrected chi connectivity index (χ2v) is 6.70. The first-order valence-corrected chi connectivity index (χ1v) is 8.48. The molecule has 0 aliphatic carbocycles. The molecule has 0 amide bonds. The van der Waals surface area contributed by atoms with Crippen LogP contribution in [0.5, 0.6) is 0 Å². The third-order valence-corrected chi connectivity index (χ3v) is 3.04. The van der Waals surface area contributed by atoms with Crippen molar-refractivity contribution in [3.05, 3.63) is 12.2 Å². The van der Waals surface area contributed by atoms with E-state index in [2.05, 4.69) is 90.6 Å². The summed E-state index contributed by atoms with van der Waals surface area (Å²) in [7, 11) is 7.23. The van der Waals surface area contributed by atoms with Crippen molar-refractivity contribution in [3.8, 4) is 0 Å². The van der Waals surface area contributed by atoms with Gasteiger partial charge in [0.15, 0.2) is 0 Å². The van der Waals surface area contributed by atoms with E-state index in [0.29, 0.717) is 10.8 Å². The fourth-order valence-corrected chi connectivity index (χ4v) is 2.53. The summed E-state index contributed by atoms with van der Waals surface area (Å²) in [5.41, 5.74) is 0.785. The van der Waals surface area contributed by atoms with E-state index >= 15 is 0 Å². The number of allylic oxidation sites excluding steroid dienone is 2. The van der Waals surface area contributed by atoms with Gasteiger partial charge in [-0.25, -0.2) is 0 Å². The third-order valence-electron chi connectivity index (χ3n) is 2.77. The monoisotopic (exact) mass is 355 g/mol. The molecular formula is C13H27ClPPd. The summed E-state index contributed by atoms with van der Waals surface area (Å²) in [6.45, 7) is 14.1. The van der Waals surface area contributed by atoms with Gasteiger partial charge in [0.05, 0.1) is 0 Å². The summed E-state index contributed by atoms with van der Waals surface area (Å²) >= 11 is 2.22. The molecule has 0 rings (SSSR count). The van der Waals surface area contributed by atoms with Gasteiger partial charge < -0.3 is 0 Å². The van der Waals surface area contributed by atoms with Crippen molar-refractivity contribution in [2.24, 2.45) is 16.7 Å². The van der Waals surface area contributed by atoms with Crippen LogP contribution in [0.15, 0.2) is 12.2 Å². The molecule has 0 saturated carbocycles. The SMILES string of the molecule is CC(C)(C)C(CC=CCP)C(C)(C)C.[Cl][Pd]. The Morgan fingerprint density at radius 3 is 1.62 bits per heavy atom. The van der Waals surface area contributed by atoms with Crippen LogP contribution < -0.4 is 0 Å². The van der Waals surface area contributed by atoms with Gasteiger partial charge in [-0.15, -0.1) is 9.24 Å². The molecule has 0 spiro atoms. The Balaban J connectivity index is 0. The minimum atomic E-state index is 0.392. The maximum atomic E-state index is 4.49. The van der Waals surface area contributed by atoms with Gasteiger partial charge in [-0.3, -0.25) is 0 Å². The molecule has 3 heteroatoms. The Morgan fingerprint density at radius 2 is 1.38 bits per heavy atom. The van der Waals surface area contributed by atoms with Gasteiger partial charge in [0, 0.05) is 0 Å². The van der Waals surface area contributed by atoms with Crippen molar-refractivity contribution in [2.75, 3.05) is 6.16 Å². The number of halogens is 1. The zero-order valence-electron chi connectivity index (χ0n) is 11.4. The Kier molecular flexibility index (Phi) is 11.1.